The highest BCUT2D eigenvalue weighted by Crippen LogP contribution is 2.44. The molecule has 278 valence electrons. The molecule has 9 nitrogen and oxygen atoms in total. The van der Waals surface area contributed by atoms with E-state index in [1.54, 1.807) is 0 Å². The summed E-state index contributed by atoms with van der Waals surface area (Å²) in [5.74, 6) is -1.68. The molecule has 0 aliphatic carbocycles. The van der Waals surface area contributed by atoms with E-state index in [0.29, 0.717) is 12.8 Å². The second kappa shape index (κ2) is 33.4. The number of unbranched alkanes of at least 4 members (excludes halogenated alkanes) is 20. The van der Waals surface area contributed by atoms with Gasteiger partial charge in [-0.3, -0.25) is 18.6 Å². The van der Waals surface area contributed by atoms with Crippen LogP contribution in [0.2, 0.25) is 0 Å². The van der Waals surface area contributed by atoms with Crippen molar-refractivity contribution in [2.24, 2.45) is 11.7 Å². The second-order valence-electron chi connectivity index (χ2n) is 13.0. The number of allylic oxidation sites excluding steroid dienone is 2. The van der Waals surface area contributed by atoms with Crippen LogP contribution in [-0.2, 0) is 27.9 Å². The maximum atomic E-state index is 13.2. The van der Waals surface area contributed by atoms with Crippen LogP contribution >= 0.6 is 7.82 Å². The third-order valence-corrected chi connectivity index (χ3v) is 9.55. The van der Waals surface area contributed by atoms with Crippen LogP contribution in [0.1, 0.15) is 174 Å². The molecular formula is C37H72NO8P. The van der Waals surface area contributed by atoms with Gasteiger partial charge in [0.25, 0.3) is 0 Å². The molecule has 0 aromatic heterocycles. The number of carbonyl (C=O) groups excluding carboxylic acids is 2. The molecule has 0 fully saturated rings. The van der Waals surface area contributed by atoms with Crippen molar-refractivity contribution in [2.75, 3.05) is 26.4 Å². The first kappa shape index (κ1) is 45.9. The van der Waals surface area contributed by atoms with Gasteiger partial charge in [0, 0.05) is 13.0 Å². The van der Waals surface area contributed by atoms with Crippen LogP contribution in [0.25, 0.3) is 0 Å². The van der Waals surface area contributed by atoms with E-state index in [2.05, 4.69) is 26.0 Å². The Morgan fingerprint density at radius 2 is 1.19 bits per heavy atom. The van der Waals surface area contributed by atoms with Crippen molar-refractivity contribution in [3.05, 3.63) is 12.2 Å². The van der Waals surface area contributed by atoms with Gasteiger partial charge in [0.05, 0.1) is 13.2 Å². The Labute approximate surface area is 287 Å². The van der Waals surface area contributed by atoms with Gasteiger partial charge in [0.2, 0.25) is 0 Å². The van der Waals surface area contributed by atoms with Gasteiger partial charge in [-0.25, -0.2) is 4.57 Å². The first-order valence-electron chi connectivity index (χ1n) is 19.1. The minimum atomic E-state index is -4.47. The number of aliphatic hydroxyl groups is 1. The Bertz CT molecular complexity index is 809. The molecule has 47 heavy (non-hydrogen) atoms. The number of aliphatic hydroxyl groups excluding tert-OH is 1. The number of nitrogens with two attached hydrogens (primary N) is 1. The SMILES string of the molecule is CCCCCCCC/C=C\CCCCCCC(C(=O)CCCCCCCCCCCCC)C(=O)OC[C@H](CO)OP(=O)(O)OCCN. The lowest BCUT2D eigenvalue weighted by Crippen LogP contribution is -2.31. The Hall–Kier alpha value is -1.09. The van der Waals surface area contributed by atoms with Crippen LogP contribution in [0, 0.1) is 5.92 Å². The van der Waals surface area contributed by atoms with Gasteiger partial charge in [-0.05, 0) is 38.5 Å². The van der Waals surface area contributed by atoms with Gasteiger partial charge < -0.3 is 20.5 Å². The van der Waals surface area contributed by atoms with E-state index in [1.165, 1.54) is 89.9 Å². The fourth-order valence-corrected chi connectivity index (χ4v) is 6.47. The van der Waals surface area contributed by atoms with Crippen LogP contribution in [0.5, 0.6) is 0 Å². The number of rotatable bonds is 36. The highest BCUT2D eigenvalue weighted by molar-refractivity contribution is 7.47. The van der Waals surface area contributed by atoms with Gasteiger partial charge in [0.15, 0.2) is 0 Å². The lowest BCUT2D eigenvalue weighted by atomic mass is 9.93. The highest BCUT2D eigenvalue weighted by Gasteiger charge is 2.30. The lowest BCUT2D eigenvalue weighted by Gasteiger charge is -2.20. The number of hydrogen-bond donors (Lipinski definition) is 3. The van der Waals surface area contributed by atoms with E-state index in [0.717, 1.165) is 57.8 Å². The number of ketones is 1. The predicted octanol–water partition coefficient (Wildman–Crippen LogP) is 9.52. The first-order valence-corrected chi connectivity index (χ1v) is 20.6. The highest BCUT2D eigenvalue weighted by atomic mass is 31.2. The summed E-state index contributed by atoms with van der Waals surface area (Å²) in [6.45, 7) is 3.18. The van der Waals surface area contributed by atoms with Gasteiger partial charge in [0.1, 0.15) is 24.4 Å². The van der Waals surface area contributed by atoms with Crippen molar-refractivity contribution in [2.45, 2.75) is 180 Å². The molecule has 0 aromatic carbocycles. The monoisotopic (exact) mass is 689 g/mol. The molecule has 2 unspecified atom stereocenters. The van der Waals surface area contributed by atoms with Crippen LogP contribution in [0.3, 0.4) is 0 Å². The van der Waals surface area contributed by atoms with E-state index in [1.807, 2.05) is 0 Å². The molecule has 0 saturated carbocycles. The van der Waals surface area contributed by atoms with Gasteiger partial charge in [-0.1, -0.05) is 142 Å². The quantitative estimate of drug-likeness (QED) is 0.0192. The van der Waals surface area contributed by atoms with Gasteiger partial charge >= 0.3 is 13.8 Å². The van der Waals surface area contributed by atoms with Crippen molar-refractivity contribution >= 4 is 19.6 Å². The standard InChI is InChI=1S/C37H72NO8P/c1-3-5-7-9-11-13-15-16-17-19-20-22-24-26-28-35(36(40)29-27-25-23-21-18-14-12-10-8-6-4-2)37(41)44-33-34(32-39)46-47(42,43)45-31-30-38/h16-17,34-35,39H,3-15,18-33,38H2,1-2H3,(H,42,43)/b17-16-/t34-,35?/m0/s1. The average molecular weight is 690 g/mol. The fraction of sp³-hybridized carbons (Fsp3) is 0.892. The van der Waals surface area contributed by atoms with Crippen LogP contribution in [0.15, 0.2) is 12.2 Å². The van der Waals surface area contributed by atoms with Crippen molar-refractivity contribution in [1.82, 2.24) is 0 Å². The molecule has 0 saturated heterocycles. The number of ether oxygens (including phenoxy) is 1. The molecule has 0 spiro atoms. The Morgan fingerprint density at radius 3 is 1.68 bits per heavy atom. The first-order chi connectivity index (χ1) is 22.8. The summed E-state index contributed by atoms with van der Waals surface area (Å²) in [5.41, 5.74) is 5.29. The molecule has 3 atom stereocenters. The molecule has 0 amide bonds. The molecule has 0 aliphatic rings. The maximum absolute atomic E-state index is 13.2. The largest absolute Gasteiger partial charge is 0.472 e. The topological polar surface area (TPSA) is 145 Å². The third-order valence-electron chi connectivity index (χ3n) is 8.47. The zero-order chi connectivity index (χ0) is 34.9. The third kappa shape index (κ3) is 29.5. The van der Waals surface area contributed by atoms with E-state index in [9.17, 15) is 24.2 Å². The molecule has 0 heterocycles. The van der Waals surface area contributed by atoms with Gasteiger partial charge in [-0.2, -0.15) is 0 Å². The smallest absolute Gasteiger partial charge is 0.462 e. The lowest BCUT2D eigenvalue weighted by molar-refractivity contribution is -0.155. The minimum absolute atomic E-state index is 0.0194. The summed E-state index contributed by atoms with van der Waals surface area (Å²) in [4.78, 5) is 36.0. The van der Waals surface area contributed by atoms with Gasteiger partial charge in [-0.15, -0.1) is 0 Å². The number of phosphoric ester groups is 1. The predicted molar refractivity (Wildman–Crippen MR) is 192 cm³/mol. The number of phosphoric acid groups is 1. The van der Waals surface area contributed by atoms with E-state index in [-0.39, 0.29) is 18.9 Å². The van der Waals surface area contributed by atoms with Crippen molar-refractivity contribution in [1.29, 1.82) is 0 Å². The summed E-state index contributed by atoms with van der Waals surface area (Å²) in [6, 6.07) is 0. The number of hydrogen-bond acceptors (Lipinski definition) is 8. The molecule has 0 rings (SSSR count). The summed E-state index contributed by atoms with van der Waals surface area (Å²) in [6.07, 6.45) is 30.9. The van der Waals surface area contributed by atoms with Crippen molar-refractivity contribution in [3.63, 3.8) is 0 Å². The van der Waals surface area contributed by atoms with E-state index < -0.39 is 39.0 Å². The summed E-state index contributed by atoms with van der Waals surface area (Å²) in [7, 11) is -4.47. The Morgan fingerprint density at radius 1 is 0.723 bits per heavy atom. The number of Topliss-reactive ketones (excluding diaryl/α,β-unsaturated/α-hetero) is 1. The van der Waals surface area contributed by atoms with Crippen LogP contribution in [0.4, 0.5) is 0 Å². The number of esters is 1. The van der Waals surface area contributed by atoms with Crippen molar-refractivity contribution in [3.8, 4) is 0 Å². The average Bonchev–Trinajstić information content (AvgIpc) is 3.06. The minimum Gasteiger partial charge on any atom is -0.462 e. The second-order valence-corrected chi connectivity index (χ2v) is 14.4. The molecule has 4 N–H and O–H groups in total. The summed E-state index contributed by atoms with van der Waals surface area (Å²) < 4.78 is 27.0. The van der Waals surface area contributed by atoms with E-state index >= 15 is 0 Å². The summed E-state index contributed by atoms with van der Waals surface area (Å²) in [5, 5.41) is 9.59. The molecule has 0 aliphatic heterocycles. The zero-order valence-corrected chi connectivity index (χ0v) is 31.1. The van der Waals surface area contributed by atoms with Crippen molar-refractivity contribution < 1.29 is 37.9 Å². The molecule has 0 bridgehead atoms. The normalized spacial score (nSPS) is 14.3. The van der Waals surface area contributed by atoms with Crippen LogP contribution in [-0.4, -0.2) is 54.2 Å². The molecule has 0 radical (unpaired) electrons. The number of carbonyl (C=O) groups is 2. The van der Waals surface area contributed by atoms with Crippen LogP contribution < -0.4 is 5.73 Å². The fourth-order valence-electron chi connectivity index (χ4n) is 5.57. The molecule has 10 heteroatoms. The summed E-state index contributed by atoms with van der Waals surface area (Å²) >= 11 is 0. The van der Waals surface area contributed by atoms with E-state index in [4.69, 9.17) is 19.5 Å². The Kier molecular flexibility index (Phi) is 32.6. The molecular weight excluding hydrogens is 617 g/mol. The molecule has 0 aromatic rings. The zero-order valence-electron chi connectivity index (χ0n) is 30.2. The Balaban J connectivity index is 4.63. The maximum Gasteiger partial charge on any atom is 0.472 e.